The summed E-state index contributed by atoms with van der Waals surface area (Å²) in [6.45, 7) is 3.90. The molecule has 0 bridgehead atoms. The lowest BCUT2D eigenvalue weighted by atomic mass is 10.1. The summed E-state index contributed by atoms with van der Waals surface area (Å²) in [4.78, 5) is 11.7. The fourth-order valence-electron chi connectivity index (χ4n) is 1.64. The molecule has 0 saturated carbocycles. The molecule has 3 nitrogen and oxygen atoms in total. The molecule has 1 rings (SSSR count). The van der Waals surface area contributed by atoms with Gasteiger partial charge in [-0.2, -0.15) is 0 Å². The summed E-state index contributed by atoms with van der Waals surface area (Å²) < 4.78 is 0. The first-order valence-electron chi connectivity index (χ1n) is 6.13. The molecule has 4 heteroatoms. The number of benzene rings is 1. The van der Waals surface area contributed by atoms with Crippen LogP contribution in [0.1, 0.15) is 19.4 Å². The summed E-state index contributed by atoms with van der Waals surface area (Å²) in [6.07, 6.45) is 0.640. The van der Waals surface area contributed by atoms with Crippen LogP contribution >= 0.6 is 15.9 Å². The molecule has 2 atom stereocenters. The van der Waals surface area contributed by atoms with Crippen LogP contribution in [0.15, 0.2) is 30.3 Å². The third kappa shape index (κ3) is 4.78. The molecule has 0 saturated heterocycles. The Morgan fingerprint density at radius 3 is 2.44 bits per heavy atom. The van der Waals surface area contributed by atoms with Gasteiger partial charge in [0, 0.05) is 0 Å². The predicted molar refractivity (Wildman–Crippen MR) is 76.7 cm³/mol. The summed E-state index contributed by atoms with van der Waals surface area (Å²) in [7, 11) is 0. The average Bonchev–Trinajstić information content (AvgIpc) is 2.37. The van der Waals surface area contributed by atoms with E-state index in [1.807, 2.05) is 44.2 Å². The number of carbonyl (C=O) groups is 1. The maximum atomic E-state index is 11.9. The van der Waals surface area contributed by atoms with E-state index in [1.165, 1.54) is 0 Å². The highest BCUT2D eigenvalue weighted by molar-refractivity contribution is 9.10. The van der Waals surface area contributed by atoms with E-state index < -0.39 is 0 Å². The van der Waals surface area contributed by atoms with Gasteiger partial charge in [-0.25, -0.2) is 0 Å². The zero-order valence-electron chi connectivity index (χ0n) is 10.8. The van der Waals surface area contributed by atoms with Gasteiger partial charge in [-0.1, -0.05) is 60.1 Å². The number of nitrogens with one attached hydrogen (secondary N) is 1. The van der Waals surface area contributed by atoms with E-state index in [9.17, 15) is 9.90 Å². The second-order valence-corrected chi connectivity index (χ2v) is 5.71. The van der Waals surface area contributed by atoms with E-state index in [4.69, 9.17) is 0 Å². The number of alkyl halides is 1. The van der Waals surface area contributed by atoms with Crippen molar-refractivity contribution in [1.29, 1.82) is 0 Å². The number of rotatable bonds is 6. The van der Waals surface area contributed by atoms with Crippen LogP contribution in [0, 0.1) is 5.92 Å². The van der Waals surface area contributed by atoms with Gasteiger partial charge in [0.2, 0.25) is 5.91 Å². The molecule has 0 fully saturated rings. The van der Waals surface area contributed by atoms with E-state index in [0.717, 1.165) is 5.56 Å². The predicted octanol–water partition coefficient (Wildman–Crippen LogP) is 2.13. The van der Waals surface area contributed by atoms with Crippen LogP contribution in [0.25, 0.3) is 0 Å². The van der Waals surface area contributed by atoms with Crippen molar-refractivity contribution in [3.63, 3.8) is 0 Å². The van der Waals surface area contributed by atoms with Crippen molar-refractivity contribution in [2.75, 3.05) is 6.61 Å². The normalized spacial score (nSPS) is 14.3. The minimum Gasteiger partial charge on any atom is -0.394 e. The van der Waals surface area contributed by atoms with Gasteiger partial charge in [-0.3, -0.25) is 4.79 Å². The van der Waals surface area contributed by atoms with Gasteiger partial charge < -0.3 is 10.4 Å². The SMILES string of the molecule is CC(C)C(Br)C(=O)N[C@@H](CO)Cc1ccccc1. The topological polar surface area (TPSA) is 49.3 Å². The Labute approximate surface area is 117 Å². The van der Waals surface area contributed by atoms with E-state index >= 15 is 0 Å². The first-order chi connectivity index (χ1) is 8.54. The Bertz CT molecular complexity index is 367. The van der Waals surface area contributed by atoms with Gasteiger partial charge in [0.25, 0.3) is 0 Å². The third-order valence-electron chi connectivity index (χ3n) is 2.73. The molecule has 0 radical (unpaired) electrons. The van der Waals surface area contributed by atoms with Crippen molar-refractivity contribution >= 4 is 21.8 Å². The smallest absolute Gasteiger partial charge is 0.234 e. The average molecular weight is 314 g/mol. The standard InChI is InChI=1S/C14H20BrNO2/c1-10(2)13(15)14(18)16-12(9-17)8-11-6-4-3-5-7-11/h3-7,10,12-13,17H,8-9H2,1-2H3,(H,16,18)/t12-,13?/m1/s1. The van der Waals surface area contributed by atoms with Crippen LogP contribution in [0.5, 0.6) is 0 Å². The number of halogens is 1. The maximum Gasteiger partial charge on any atom is 0.234 e. The lowest BCUT2D eigenvalue weighted by Gasteiger charge is -2.20. The quantitative estimate of drug-likeness (QED) is 0.790. The lowest BCUT2D eigenvalue weighted by molar-refractivity contribution is -0.122. The van der Waals surface area contributed by atoms with Gasteiger partial charge in [0.15, 0.2) is 0 Å². The van der Waals surface area contributed by atoms with Crippen LogP contribution in [0.2, 0.25) is 0 Å². The summed E-state index contributed by atoms with van der Waals surface area (Å²) >= 11 is 3.36. The van der Waals surface area contributed by atoms with Crippen LogP contribution in [-0.2, 0) is 11.2 Å². The highest BCUT2D eigenvalue weighted by Gasteiger charge is 2.21. The molecule has 0 heterocycles. The Kier molecular flexibility index (Phi) is 6.36. The molecule has 18 heavy (non-hydrogen) atoms. The summed E-state index contributed by atoms with van der Waals surface area (Å²) in [6, 6.07) is 9.59. The molecule has 1 aromatic carbocycles. The number of carbonyl (C=O) groups excluding carboxylic acids is 1. The highest BCUT2D eigenvalue weighted by Crippen LogP contribution is 2.12. The molecule has 0 spiro atoms. The van der Waals surface area contributed by atoms with Crippen molar-refractivity contribution in [2.24, 2.45) is 5.92 Å². The molecule has 0 aliphatic rings. The molecule has 1 unspecified atom stereocenters. The zero-order chi connectivity index (χ0) is 13.5. The minimum atomic E-state index is -0.237. The highest BCUT2D eigenvalue weighted by atomic mass is 79.9. The number of aliphatic hydroxyl groups is 1. The maximum absolute atomic E-state index is 11.9. The fraction of sp³-hybridized carbons (Fsp3) is 0.500. The molecular weight excluding hydrogens is 294 g/mol. The Hall–Kier alpha value is -0.870. The van der Waals surface area contributed by atoms with Crippen LogP contribution in [0.3, 0.4) is 0 Å². The summed E-state index contributed by atoms with van der Waals surface area (Å²) in [5.74, 6) is 0.154. The van der Waals surface area contributed by atoms with Crippen molar-refractivity contribution < 1.29 is 9.90 Å². The van der Waals surface area contributed by atoms with E-state index in [1.54, 1.807) is 0 Å². The van der Waals surface area contributed by atoms with Gasteiger partial charge in [0.1, 0.15) is 0 Å². The Morgan fingerprint density at radius 2 is 1.94 bits per heavy atom. The monoisotopic (exact) mass is 313 g/mol. The lowest BCUT2D eigenvalue weighted by Crippen LogP contribution is -2.44. The molecule has 1 amide bonds. The Morgan fingerprint density at radius 1 is 1.33 bits per heavy atom. The van der Waals surface area contributed by atoms with Crippen molar-refractivity contribution in [1.82, 2.24) is 5.32 Å². The second kappa shape index (κ2) is 7.54. The molecule has 0 aromatic heterocycles. The second-order valence-electron chi connectivity index (χ2n) is 4.72. The number of hydrogen-bond acceptors (Lipinski definition) is 2. The van der Waals surface area contributed by atoms with Gasteiger partial charge >= 0.3 is 0 Å². The van der Waals surface area contributed by atoms with Crippen molar-refractivity contribution in [3.8, 4) is 0 Å². The molecular formula is C14H20BrNO2. The first-order valence-corrected chi connectivity index (χ1v) is 7.05. The van der Waals surface area contributed by atoms with Crippen LogP contribution in [0.4, 0.5) is 0 Å². The largest absolute Gasteiger partial charge is 0.394 e. The molecule has 0 aliphatic carbocycles. The third-order valence-corrected chi connectivity index (χ3v) is 4.20. The van der Waals surface area contributed by atoms with Gasteiger partial charge in [-0.05, 0) is 17.9 Å². The van der Waals surface area contributed by atoms with Crippen LogP contribution in [-0.4, -0.2) is 28.5 Å². The van der Waals surface area contributed by atoms with Gasteiger partial charge in [0.05, 0.1) is 17.5 Å². The minimum absolute atomic E-state index is 0.0571. The van der Waals surface area contributed by atoms with E-state index in [2.05, 4.69) is 21.2 Å². The first kappa shape index (κ1) is 15.2. The number of aliphatic hydroxyl groups excluding tert-OH is 1. The number of amides is 1. The van der Waals surface area contributed by atoms with E-state index in [-0.39, 0.29) is 29.3 Å². The molecule has 2 N–H and O–H groups in total. The van der Waals surface area contributed by atoms with Crippen molar-refractivity contribution in [3.05, 3.63) is 35.9 Å². The van der Waals surface area contributed by atoms with Gasteiger partial charge in [-0.15, -0.1) is 0 Å². The van der Waals surface area contributed by atoms with Crippen LogP contribution < -0.4 is 5.32 Å². The summed E-state index contributed by atoms with van der Waals surface area (Å²) in [5.41, 5.74) is 1.10. The van der Waals surface area contributed by atoms with E-state index in [0.29, 0.717) is 6.42 Å². The van der Waals surface area contributed by atoms with Crippen molar-refractivity contribution in [2.45, 2.75) is 31.1 Å². The molecule has 100 valence electrons. The Balaban J connectivity index is 2.55. The molecule has 0 aliphatic heterocycles. The zero-order valence-corrected chi connectivity index (χ0v) is 12.4. The number of hydrogen-bond donors (Lipinski definition) is 2. The summed E-state index contributed by atoms with van der Waals surface area (Å²) in [5, 5.41) is 12.2. The fourth-order valence-corrected chi connectivity index (χ4v) is 1.78. The molecule has 1 aromatic rings.